The molecule has 13 heavy (non-hydrogen) atoms. The molecule has 0 saturated carbocycles. The molecular weight excluding hydrogens is 164 g/mol. The van der Waals surface area contributed by atoms with E-state index < -0.39 is 0 Å². The number of allylic oxidation sites excluding steroid dienone is 2. The SMILES string of the molecule is CC/C=C\CCC1OC(=O)CC1C. The number of cyclic esters (lactones) is 1. The van der Waals surface area contributed by atoms with Gasteiger partial charge in [-0.2, -0.15) is 0 Å². The van der Waals surface area contributed by atoms with Crippen LogP contribution in [-0.2, 0) is 9.53 Å². The first kappa shape index (κ1) is 10.3. The zero-order valence-corrected chi connectivity index (χ0v) is 8.45. The Morgan fingerprint density at radius 1 is 1.54 bits per heavy atom. The average Bonchev–Trinajstić information content (AvgIpc) is 2.39. The lowest BCUT2D eigenvalue weighted by Crippen LogP contribution is -2.12. The molecule has 0 aromatic rings. The van der Waals surface area contributed by atoms with E-state index in [9.17, 15) is 4.79 Å². The standard InChI is InChI=1S/C11H18O2/c1-3-4-5-6-7-10-9(2)8-11(12)13-10/h4-5,9-10H,3,6-8H2,1-2H3/b5-4-. The summed E-state index contributed by atoms with van der Waals surface area (Å²) in [4.78, 5) is 10.9. The quantitative estimate of drug-likeness (QED) is 0.493. The van der Waals surface area contributed by atoms with Gasteiger partial charge in [-0.15, -0.1) is 0 Å². The van der Waals surface area contributed by atoms with E-state index in [0.717, 1.165) is 19.3 Å². The number of ether oxygens (including phenoxy) is 1. The Balaban J connectivity index is 2.21. The minimum atomic E-state index is -0.0306. The van der Waals surface area contributed by atoms with Crippen LogP contribution < -0.4 is 0 Å². The van der Waals surface area contributed by atoms with Crippen LogP contribution in [0.25, 0.3) is 0 Å². The van der Waals surface area contributed by atoms with E-state index in [4.69, 9.17) is 4.74 Å². The van der Waals surface area contributed by atoms with Crippen LogP contribution in [0.1, 0.15) is 39.5 Å². The fraction of sp³-hybridized carbons (Fsp3) is 0.727. The van der Waals surface area contributed by atoms with Crippen molar-refractivity contribution in [2.45, 2.75) is 45.6 Å². The maximum Gasteiger partial charge on any atom is 0.306 e. The molecule has 0 spiro atoms. The molecule has 0 radical (unpaired) electrons. The molecule has 1 aliphatic heterocycles. The van der Waals surface area contributed by atoms with Gasteiger partial charge in [0.1, 0.15) is 6.10 Å². The molecule has 2 heteroatoms. The molecule has 1 saturated heterocycles. The smallest absolute Gasteiger partial charge is 0.306 e. The monoisotopic (exact) mass is 182 g/mol. The highest BCUT2D eigenvalue weighted by Crippen LogP contribution is 2.24. The van der Waals surface area contributed by atoms with Crippen LogP contribution in [0, 0.1) is 5.92 Å². The summed E-state index contributed by atoms with van der Waals surface area (Å²) in [6.45, 7) is 4.20. The largest absolute Gasteiger partial charge is 0.462 e. The van der Waals surface area contributed by atoms with Crippen molar-refractivity contribution in [1.29, 1.82) is 0 Å². The van der Waals surface area contributed by atoms with Crippen LogP contribution in [0.15, 0.2) is 12.2 Å². The number of carbonyl (C=O) groups is 1. The van der Waals surface area contributed by atoms with Crippen molar-refractivity contribution in [2.24, 2.45) is 5.92 Å². The summed E-state index contributed by atoms with van der Waals surface area (Å²) in [5, 5.41) is 0. The zero-order valence-electron chi connectivity index (χ0n) is 8.45. The maximum absolute atomic E-state index is 10.9. The molecule has 0 aromatic carbocycles. The number of hydrogen-bond donors (Lipinski definition) is 0. The first-order valence-corrected chi connectivity index (χ1v) is 5.08. The van der Waals surface area contributed by atoms with E-state index in [1.54, 1.807) is 0 Å². The Bertz CT molecular complexity index is 196. The number of hydrogen-bond acceptors (Lipinski definition) is 2. The minimum Gasteiger partial charge on any atom is -0.462 e. The Kier molecular flexibility index (Phi) is 4.00. The van der Waals surface area contributed by atoms with E-state index in [1.807, 2.05) is 0 Å². The Morgan fingerprint density at radius 3 is 2.85 bits per heavy atom. The van der Waals surface area contributed by atoms with Gasteiger partial charge in [-0.05, 0) is 19.3 Å². The third-order valence-corrected chi connectivity index (χ3v) is 2.43. The summed E-state index contributed by atoms with van der Waals surface area (Å²) in [6, 6.07) is 0. The summed E-state index contributed by atoms with van der Waals surface area (Å²) >= 11 is 0. The predicted molar refractivity (Wildman–Crippen MR) is 52.3 cm³/mol. The first-order chi connectivity index (χ1) is 6.24. The third-order valence-electron chi connectivity index (χ3n) is 2.43. The second-order valence-electron chi connectivity index (χ2n) is 3.67. The fourth-order valence-electron chi connectivity index (χ4n) is 1.62. The number of carbonyl (C=O) groups excluding carboxylic acids is 1. The zero-order chi connectivity index (χ0) is 9.68. The second kappa shape index (κ2) is 5.05. The summed E-state index contributed by atoms with van der Waals surface area (Å²) in [5.41, 5.74) is 0. The first-order valence-electron chi connectivity index (χ1n) is 5.08. The highest BCUT2D eigenvalue weighted by molar-refractivity contribution is 5.71. The van der Waals surface area contributed by atoms with Crippen molar-refractivity contribution in [2.75, 3.05) is 0 Å². The van der Waals surface area contributed by atoms with Crippen LogP contribution in [0.3, 0.4) is 0 Å². The summed E-state index contributed by atoms with van der Waals surface area (Å²) in [7, 11) is 0. The molecule has 74 valence electrons. The molecule has 0 aliphatic carbocycles. The summed E-state index contributed by atoms with van der Waals surface area (Å²) in [6.07, 6.45) is 8.16. The van der Waals surface area contributed by atoms with Gasteiger partial charge in [0, 0.05) is 5.92 Å². The maximum atomic E-state index is 10.9. The van der Waals surface area contributed by atoms with Gasteiger partial charge in [0.25, 0.3) is 0 Å². The van der Waals surface area contributed by atoms with E-state index in [2.05, 4.69) is 26.0 Å². The van der Waals surface area contributed by atoms with Crippen LogP contribution >= 0.6 is 0 Å². The predicted octanol–water partition coefficient (Wildman–Crippen LogP) is 2.68. The lowest BCUT2D eigenvalue weighted by atomic mass is 10.00. The normalized spacial score (nSPS) is 28.3. The molecule has 2 unspecified atom stereocenters. The molecule has 2 nitrogen and oxygen atoms in total. The number of esters is 1. The lowest BCUT2D eigenvalue weighted by molar-refractivity contribution is -0.141. The van der Waals surface area contributed by atoms with E-state index in [-0.39, 0.29) is 12.1 Å². The molecule has 1 rings (SSSR count). The van der Waals surface area contributed by atoms with Gasteiger partial charge in [0.2, 0.25) is 0 Å². The average molecular weight is 182 g/mol. The Hall–Kier alpha value is -0.790. The Morgan fingerprint density at radius 2 is 2.31 bits per heavy atom. The van der Waals surface area contributed by atoms with Crippen molar-refractivity contribution in [1.82, 2.24) is 0 Å². The van der Waals surface area contributed by atoms with Crippen LogP contribution in [0.5, 0.6) is 0 Å². The topological polar surface area (TPSA) is 26.3 Å². The molecule has 1 heterocycles. The lowest BCUT2D eigenvalue weighted by Gasteiger charge is -2.11. The minimum absolute atomic E-state index is 0.0306. The third kappa shape index (κ3) is 3.21. The fourth-order valence-corrected chi connectivity index (χ4v) is 1.62. The van der Waals surface area contributed by atoms with Gasteiger partial charge in [-0.3, -0.25) is 4.79 Å². The van der Waals surface area contributed by atoms with Crippen LogP contribution in [0.2, 0.25) is 0 Å². The van der Waals surface area contributed by atoms with Crippen molar-refractivity contribution in [3.8, 4) is 0 Å². The highest BCUT2D eigenvalue weighted by Gasteiger charge is 2.30. The van der Waals surface area contributed by atoms with Crippen molar-refractivity contribution < 1.29 is 9.53 Å². The molecule has 1 fully saturated rings. The molecule has 2 atom stereocenters. The molecular formula is C11H18O2. The summed E-state index contributed by atoms with van der Waals surface area (Å²) in [5.74, 6) is 0.375. The Labute approximate surface area is 80.0 Å². The van der Waals surface area contributed by atoms with Crippen molar-refractivity contribution >= 4 is 5.97 Å². The molecule has 0 amide bonds. The summed E-state index contributed by atoms with van der Waals surface area (Å²) < 4.78 is 5.18. The van der Waals surface area contributed by atoms with Crippen LogP contribution in [-0.4, -0.2) is 12.1 Å². The van der Waals surface area contributed by atoms with Crippen molar-refractivity contribution in [3.05, 3.63) is 12.2 Å². The molecule has 0 N–H and O–H groups in total. The molecule has 0 bridgehead atoms. The molecule has 1 aliphatic rings. The van der Waals surface area contributed by atoms with Gasteiger partial charge >= 0.3 is 5.97 Å². The van der Waals surface area contributed by atoms with Gasteiger partial charge in [-0.25, -0.2) is 0 Å². The van der Waals surface area contributed by atoms with Gasteiger partial charge in [-0.1, -0.05) is 26.0 Å². The van der Waals surface area contributed by atoms with Gasteiger partial charge < -0.3 is 4.74 Å². The van der Waals surface area contributed by atoms with Gasteiger partial charge in [0.15, 0.2) is 0 Å². The second-order valence-corrected chi connectivity index (χ2v) is 3.67. The van der Waals surface area contributed by atoms with E-state index >= 15 is 0 Å². The van der Waals surface area contributed by atoms with E-state index in [1.165, 1.54) is 0 Å². The van der Waals surface area contributed by atoms with E-state index in [0.29, 0.717) is 12.3 Å². The van der Waals surface area contributed by atoms with Gasteiger partial charge in [0.05, 0.1) is 6.42 Å². The van der Waals surface area contributed by atoms with Crippen LogP contribution in [0.4, 0.5) is 0 Å². The van der Waals surface area contributed by atoms with Crippen molar-refractivity contribution in [3.63, 3.8) is 0 Å². The number of rotatable bonds is 4. The highest BCUT2D eigenvalue weighted by atomic mass is 16.5. The molecule has 0 aromatic heterocycles.